The Kier molecular flexibility index (Phi) is 5.23. The zero-order chi connectivity index (χ0) is 21.6. The van der Waals surface area contributed by atoms with Crippen LogP contribution >= 0.6 is 0 Å². The summed E-state index contributed by atoms with van der Waals surface area (Å²) < 4.78 is 29.6. The average molecular weight is 446 g/mol. The van der Waals surface area contributed by atoms with Gasteiger partial charge in [-0.3, -0.25) is 0 Å². The number of hydrogen-bond donors (Lipinski definition) is 2. The molecule has 1 aliphatic heterocycles. The van der Waals surface area contributed by atoms with Gasteiger partial charge in [0.05, 0.1) is 19.4 Å². The molecule has 1 aromatic heterocycles. The first-order chi connectivity index (χ1) is 15.0. The van der Waals surface area contributed by atoms with E-state index in [2.05, 4.69) is 20.8 Å². The summed E-state index contributed by atoms with van der Waals surface area (Å²) >= 11 is 0. The van der Waals surface area contributed by atoms with E-state index >= 15 is 0 Å². The van der Waals surface area contributed by atoms with Crippen LogP contribution in [0.2, 0.25) is 0 Å². The maximum absolute atomic E-state index is 13.1. The zero-order valence-corrected chi connectivity index (χ0v) is 18.4. The summed E-state index contributed by atoms with van der Waals surface area (Å²) in [5.41, 5.74) is 5.63. The fourth-order valence-electron chi connectivity index (χ4n) is 4.99. The Morgan fingerprint density at radius 2 is 2.26 bits per heavy atom. The van der Waals surface area contributed by atoms with Gasteiger partial charge in [-0.1, -0.05) is 6.07 Å². The van der Waals surface area contributed by atoms with E-state index in [4.69, 9.17) is 14.6 Å². The Hall–Kier alpha value is -2.43. The monoisotopic (exact) mass is 445 g/mol. The molecule has 1 aromatic carbocycles. The minimum Gasteiger partial charge on any atom is -0.477 e. The van der Waals surface area contributed by atoms with Gasteiger partial charge in [-0.25, -0.2) is 18.8 Å². The molecular formula is C21H27N5O4S. The van der Waals surface area contributed by atoms with Gasteiger partial charge >= 0.3 is 6.03 Å². The molecule has 2 aromatic rings. The summed E-state index contributed by atoms with van der Waals surface area (Å²) in [5, 5.41) is 13.1. The van der Waals surface area contributed by atoms with Gasteiger partial charge < -0.3 is 14.8 Å². The van der Waals surface area contributed by atoms with Gasteiger partial charge in [0.15, 0.2) is 9.92 Å². The van der Waals surface area contributed by atoms with E-state index in [1.807, 2.05) is 0 Å². The van der Waals surface area contributed by atoms with E-state index in [9.17, 15) is 9.00 Å². The lowest BCUT2D eigenvalue weighted by atomic mass is 9.95. The van der Waals surface area contributed by atoms with Gasteiger partial charge in [-0.05, 0) is 54.4 Å². The molecule has 2 amide bonds. The molecule has 10 heteroatoms. The third-order valence-electron chi connectivity index (χ3n) is 6.37. The smallest absolute Gasteiger partial charge is 0.354 e. The van der Waals surface area contributed by atoms with E-state index in [1.165, 1.54) is 17.3 Å². The van der Waals surface area contributed by atoms with Crippen molar-refractivity contribution in [3.05, 3.63) is 34.5 Å². The molecule has 3 N–H and O–H groups in total. The number of urea groups is 1. The number of nitrogens with two attached hydrogens (primary N) is 1. The van der Waals surface area contributed by atoms with Crippen molar-refractivity contribution >= 4 is 21.6 Å². The molecule has 2 heterocycles. The maximum Gasteiger partial charge on any atom is 0.354 e. The van der Waals surface area contributed by atoms with Crippen molar-refractivity contribution in [1.29, 1.82) is 0 Å². The largest absolute Gasteiger partial charge is 0.477 e. The first-order valence-corrected chi connectivity index (χ1v) is 12.3. The summed E-state index contributed by atoms with van der Waals surface area (Å²) in [6, 6.07) is 1.57. The van der Waals surface area contributed by atoms with Crippen LogP contribution in [0.4, 0.5) is 10.5 Å². The predicted octanol–water partition coefficient (Wildman–Crippen LogP) is 2.76. The van der Waals surface area contributed by atoms with Crippen LogP contribution < -0.4 is 15.2 Å². The number of nitrogens with one attached hydrogen (secondary N) is 1. The number of aromatic nitrogens is 2. The Labute approximate surface area is 181 Å². The minimum absolute atomic E-state index is 0.158. The fourth-order valence-corrected chi connectivity index (χ4v) is 6.00. The first-order valence-electron chi connectivity index (χ1n) is 10.7. The Balaban J connectivity index is 1.48. The Bertz CT molecular complexity index is 1170. The maximum atomic E-state index is 13.1. The normalized spacial score (nSPS) is 20.9. The fraction of sp³-hybridized carbons (Fsp3) is 0.524. The summed E-state index contributed by atoms with van der Waals surface area (Å²) in [6.07, 6.45) is 7.01. The van der Waals surface area contributed by atoms with Gasteiger partial charge in [-0.2, -0.15) is 5.10 Å². The minimum atomic E-state index is -3.49. The quantitative estimate of drug-likeness (QED) is 0.750. The van der Waals surface area contributed by atoms with Crippen LogP contribution in [-0.4, -0.2) is 40.3 Å². The molecule has 2 aliphatic carbocycles. The Morgan fingerprint density at radius 1 is 1.39 bits per heavy atom. The number of carbonyl (C=O) groups is 1. The highest BCUT2D eigenvalue weighted by Gasteiger charge is 2.31. The average Bonchev–Trinajstić information content (AvgIpc) is 3.46. The SMILES string of the molecule is COC[C@H]1CCc2c1cc1c(c2NC(=O)N=[S@](N)(=O)c2cnn3c2OCCC3)CCC1. The van der Waals surface area contributed by atoms with Crippen molar-refractivity contribution in [1.82, 2.24) is 9.78 Å². The van der Waals surface area contributed by atoms with Gasteiger partial charge in [0.1, 0.15) is 4.90 Å². The number of amides is 2. The lowest BCUT2D eigenvalue weighted by Crippen LogP contribution is -2.21. The van der Waals surface area contributed by atoms with Crippen molar-refractivity contribution < 1.29 is 18.5 Å². The molecule has 5 rings (SSSR count). The van der Waals surface area contributed by atoms with Crippen molar-refractivity contribution in [2.45, 2.75) is 55.9 Å². The van der Waals surface area contributed by atoms with E-state index in [-0.39, 0.29) is 4.90 Å². The molecule has 31 heavy (non-hydrogen) atoms. The van der Waals surface area contributed by atoms with Gasteiger partial charge in [0, 0.05) is 31.7 Å². The van der Waals surface area contributed by atoms with E-state index in [0.29, 0.717) is 31.6 Å². The first kappa shape index (κ1) is 20.5. The molecule has 0 radical (unpaired) electrons. The van der Waals surface area contributed by atoms with Crippen LogP contribution in [0.3, 0.4) is 0 Å². The lowest BCUT2D eigenvalue weighted by Gasteiger charge is -2.17. The number of benzene rings is 1. The number of rotatable bonds is 4. The zero-order valence-electron chi connectivity index (χ0n) is 17.6. The number of carbonyl (C=O) groups excluding carboxylic acids is 1. The highest BCUT2D eigenvalue weighted by molar-refractivity contribution is 7.91. The number of aryl methyl sites for hydroxylation is 2. The number of nitrogens with zero attached hydrogens (tertiary/aromatic N) is 3. The van der Waals surface area contributed by atoms with Crippen LogP contribution in [0.1, 0.15) is 47.4 Å². The molecule has 0 saturated carbocycles. The van der Waals surface area contributed by atoms with Gasteiger partial charge in [-0.15, -0.1) is 4.36 Å². The third-order valence-corrected chi connectivity index (χ3v) is 7.72. The van der Waals surface area contributed by atoms with E-state index < -0.39 is 15.9 Å². The number of ether oxygens (including phenoxy) is 2. The second-order valence-electron chi connectivity index (χ2n) is 8.33. The Morgan fingerprint density at radius 3 is 3.10 bits per heavy atom. The van der Waals surface area contributed by atoms with Gasteiger partial charge in [0.2, 0.25) is 5.88 Å². The molecule has 0 spiro atoms. The molecule has 0 unspecified atom stereocenters. The molecule has 166 valence electrons. The standard InChI is InChI=1S/C21H27N5O4S/c1-29-12-14-6-7-16-17(14)10-13-4-2-5-15(13)19(16)24-21(27)25-31(22,28)18-11-23-26-8-3-9-30-20(18)26/h10-11,14H,2-9,12H2,1H3,(H3,22,24,25,27,28)/t14-,31+/m1/s1. The second kappa shape index (κ2) is 7.92. The molecular weight excluding hydrogens is 418 g/mol. The molecule has 0 saturated heterocycles. The van der Waals surface area contributed by atoms with Crippen molar-refractivity contribution in [2.24, 2.45) is 9.50 Å². The van der Waals surface area contributed by atoms with Gasteiger partial charge in [0.25, 0.3) is 0 Å². The van der Waals surface area contributed by atoms with Crippen molar-refractivity contribution in [2.75, 3.05) is 25.6 Å². The summed E-state index contributed by atoms with van der Waals surface area (Å²) in [5.74, 6) is 0.660. The molecule has 0 bridgehead atoms. The summed E-state index contributed by atoms with van der Waals surface area (Å²) in [6.45, 7) is 1.81. The van der Waals surface area contributed by atoms with Crippen LogP contribution in [0.5, 0.6) is 5.88 Å². The molecule has 3 aliphatic rings. The number of fused-ring (bicyclic) bond motifs is 3. The summed E-state index contributed by atoms with van der Waals surface area (Å²) in [4.78, 5) is 13.0. The molecule has 9 nitrogen and oxygen atoms in total. The highest BCUT2D eigenvalue weighted by Crippen LogP contribution is 2.43. The number of methoxy groups -OCH3 is 1. The highest BCUT2D eigenvalue weighted by atomic mass is 32.2. The van der Waals surface area contributed by atoms with Crippen LogP contribution in [0.15, 0.2) is 21.5 Å². The third kappa shape index (κ3) is 3.62. The van der Waals surface area contributed by atoms with E-state index in [0.717, 1.165) is 55.3 Å². The van der Waals surface area contributed by atoms with Crippen molar-refractivity contribution in [3.63, 3.8) is 0 Å². The molecule has 0 fully saturated rings. The van der Waals surface area contributed by atoms with Crippen LogP contribution in [-0.2, 0) is 40.5 Å². The summed E-state index contributed by atoms with van der Waals surface area (Å²) in [7, 11) is -1.78. The second-order valence-corrected chi connectivity index (χ2v) is 10.1. The van der Waals surface area contributed by atoms with E-state index in [1.54, 1.807) is 11.8 Å². The molecule has 2 atom stereocenters. The van der Waals surface area contributed by atoms with Crippen LogP contribution in [0.25, 0.3) is 0 Å². The lowest BCUT2D eigenvalue weighted by molar-refractivity contribution is 0.179. The number of hydrogen-bond acceptors (Lipinski definition) is 5. The van der Waals surface area contributed by atoms with Crippen LogP contribution in [0, 0.1) is 0 Å². The topological polar surface area (TPSA) is 121 Å². The number of anilines is 1. The van der Waals surface area contributed by atoms with Crippen molar-refractivity contribution in [3.8, 4) is 5.88 Å². The predicted molar refractivity (Wildman–Crippen MR) is 116 cm³/mol.